The Kier molecular flexibility index (Phi) is 4.90. The van der Waals surface area contributed by atoms with Gasteiger partial charge < -0.3 is 5.32 Å². The average Bonchev–Trinajstić information content (AvgIpc) is 2.22. The summed E-state index contributed by atoms with van der Waals surface area (Å²) in [6, 6.07) is 4.94. The second-order valence-corrected chi connectivity index (χ2v) is 4.94. The molecule has 5 heteroatoms. The quantitative estimate of drug-likeness (QED) is 0.837. The van der Waals surface area contributed by atoms with Gasteiger partial charge in [0.15, 0.2) is 0 Å². The van der Waals surface area contributed by atoms with Crippen molar-refractivity contribution in [2.45, 2.75) is 18.2 Å². The van der Waals surface area contributed by atoms with Crippen molar-refractivity contribution < 1.29 is 4.79 Å². The number of rotatable bonds is 3. The van der Waals surface area contributed by atoms with Gasteiger partial charge in [-0.2, -0.15) is 0 Å². The number of halogens is 3. The third kappa shape index (κ3) is 3.67. The largest absolute Gasteiger partial charge is 0.324 e. The van der Waals surface area contributed by atoms with Gasteiger partial charge in [0.05, 0.1) is 15.5 Å². The van der Waals surface area contributed by atoms with Gasteiger partial charge in [0.25, 0.3) is 0 Å². The summed E-state index contributed by atoms with van der Waals surface area (Å²) >= 11 is 14.9. The first-order valence-corrected chi connectivity index (χ1v) is 6.11. The maximum absolute atomic E-state index is 11.5. The Balaban J connectivity index is 2.80. The molecule has 82 valence electrons. The van der Waals surface area contributed by atoms with Crippen LogP contribution in [0.15, 0.2) is 18.2 Å². The molecule has 0 bridgehead atoms. The first-order valence-electron chi connectivity index (χ1n) is 4.44. The summed E-state index contributed by atoms with van der Waals surface area (Å²) in [5.74, 6) is -0.123. The van der Waals surface area contributed by atoms with Crippen LogP contribution in [0.2, 0.25) is 10.0 Å². The Hall–Kier alpha value is -0.250. The standard InChI is InChI=1S/C10H10BrCl2NO/c1-2-7(11)10(15)14-9-5-6(12)3-4-8(9)13/h3-5,7H,2H2,1H3,(H,14,15)/t7-/m1/s1. The zero-order valence-corrected chi connectivity index (χ0v) is 11.2. The molecule has 1 amide bonds. The Morgan fingerprint density at radius 3 is 2.80 bits per heavy atom. The summed E-state index contributed by atoms with van der Waals surface area (Å²) in [4.78, 5) is 11.3. The van der Waals surface area contributed by atoms with Crippen molar-refractivity contribution in [3.8, 4) is 0 Å². The van der Waals surface area contributed by atoms with Crippen LogP contribution in [-0.4, -0.2) is 10.7 Å². The lowest BCUT2D eigenvalue weighted by molar-refractivity contribution is -0.115. The smallest absolute Gasteiger partial charge is 0.238 e. The van der Waals surface area contributed by atoms with Gasteiger partial charge in [-0.25, -0.2) is 0 Å². The average molecular weight is 311 g/mol. The molecule has 0 saturated heterocycles. The normalized spacial score (nSPS) is 12.3. The van der Waals surface area contributed by atoms with Crippen molar-refractivity contribution in [2.75, 3.05) is 5.32 Å². The van der Waals surface area contributed by atoms with E-state index in [0.29, 0.717) is 22.2 Å². The number of amides is 1. The predicted octanol–water partition coefficient (Wildman–Crippen LogP) is 4.11. The fourth-order valence-electron chi connectivity index (χ4n) is 0.990. The van der Waals surface area contributed by atoms with E-state index in [9.17, 15) is 4.79 Å². The summed E-state index contributed by atoms with van der Waals surface area (Å²) in [6.45, 7) is 1.92. The first kappa shape index (κ1) is 12.8. The van der Waals surface area contributed by atoms with E-state index < -0.39 is 0 Å². The van der Waals surface area contributed by atoms with Crippen LogP contribution in [0.25, 0.3) is 0 Å². The third-order valence-corrected chi connectivity index (χ3v) is 3.46. The number of alkyl halides is 1. The van der Waals surface area contributed by atoms with Crippen molar-refractivity contribution in [3.05, 3.63) is 28.2 Å². The zero-order valence-electron chi connectivity index (χ0n) is 8.06. The summed E-state index contributed by atoms with van der Waals surface area (Å²) in [7, 11) is 0. The van der Waals surface area contributed by atoms with Gasteiger partial charge in [-0.05, 0) is 24.6 Å². The third-order valence-electron chi connectivity index (χ3n) is 1.83. The number of carbonyl (C=O) groups excluding carboxylic acids is 1. The number of carbonyl (C=O) groups is 1. The second-order valence-electron chi connectivity index (χ2n) is 2.99. The molecule has 0 fully saturated rings. The van der Waals surface area contributed by atoms with E-state index >= 15 is 0 Å². The van der Waals surface area contributed by atoms with Crippen molar-refractivity contribution in [3.63, 3.8) is 0 Å². The molecule has 0 heterocycles. The minimum absolute atomic E-state index is 0.123. The van der Waals surface area contributed by atoms with Gasteiger partial charge in [0.1, 0.15) is 0 Å². The van der Waals surface area contributed by atoms with Gasteiger partial charge >= 0.3 is 0 Å². The van der Waals surface area contributed by atoms with E-state index in [0.717, 1.165) is 0 Å². The topological polar surface area (TPSA) is 29.1 Å². The van der Waals surface area contributed by atoms with Crippen molar-refractivity contribution in [1.82, 2.24) is 0 Å². The number of anilines is 1. The first-order chi connectivity index (χ1) is 7.04. The van der Waals surface area contributed by atoms with Crippen LogP contribution >= 0.6 is 39.1 Å². The van der Waals surface area contributed by atoms with E-state index in [1.807, 2.05) is 6.92 Å². The summed E-state index contributed by atoms with van der Waals surface area (Å²) in [6.07, 6.45) is 0.712. The van der Waals surface area contributed by atoms with E-state index in [2.05, 4.69) is 21.2 Å². The van der Waals surface area contributed by atoms with Crippen molar-refractivity contribution >= 4 is 50.7 Å². The zero-order chi connectivity index (χ0) is 11.4. The Labute approximate surface area is 107 Å². The van der Waals surface area contributed by atoms with Crippen molar-refractivity contribution in [2.24, 2.45) is 0 Å². The molecule has 0 aliphatic carbocycles. The molecule has 0 aliphatic rings. The summed E-state index contributed by atoms with van der Waals surface area (Å²) in [5.41, 5.74) is 0.534. The molecule has 2 nitrogen and oxygen atoms in total. The number of hydrogen-bond donors (Lipinski definition) is 1. The van der Waals surface area contributed by atoms with Crippen molar-refractivity contribution in [1.29, 1.82) is 0 Å². The summed E-state index contributed by atoms with van der Waals surface area (Å²) < 4.78 is 0. The second kappa shape index (κ2) is 5.73. The number of hydrogen-bond acceptors (Lipinski definition) is 1. The lowest BCUT2D eigenvalue weighted by Gasteiger charge is -2.10. The number of benzene rings is 1. The van der Waals surface area contributed by atoms with Crippen LogP contribution in [0.3, 0.4) is 0 Å². The Morgan fingerprint density at radius 1 is 1.53 bits per heavy atom. The van der Waals surface area contributed by atoms with E-state index in [1.54, 1.807) is 18.2 Å². The molecule has 0 spiro atoms. The minimum Gasteiger partial charge on any atom is -0.324 e. The Bertz CT molecular complexity index is 370. The maximum Gasteiger partial charge on any atom is 0.238 e. The van der Waals surface area contributed by atoms with Gasteiger partial charge in [-0.1, -0.05) is 46.1 Å². The highest BCUT2D eigenvalue weighted by atomic mass is 79.9. The maximum atomic E-state index is 11.5. The Morgan fingerprint density at radius 2 is 2.20 bits per heavy atom. The minimum atomic E-state index is -0.215. The molecule has 0 radical (unpaired) electrons. The van der Waals surface area contributed by atoms with Crippen LogP contribution in [0.5, 0.6) is 0 Å². The molecule has 1 N–H and O–H groups in total. The lowest BCUT2D eigenvalue weighted by atomic mass is 10.3. The van der Waals surface area contributed by atoms with Gasteiger partial charge in [0.2, 0.25) is 5.91 Å². The fraction of sp³-hybridized carbons (Fsp3) is 0.300. The highest BCUT2D eigenvalue weighted by molar-refractivity contribution is 9.10. The van der Waals surface area contributed by atoms with Crippen LogP contribution < -0.4 is 5.32 Å². The van der Waals surface area contributed by atoms with Crippen LogP contribution in [0.4, 0.5) is 5.69 Å². The van der Waals surface area contributed by atoms with E-state index in [-0.39, 0.29) is 10.7 Å². The van der Waals surface area contributed by atoms with Crippen LogP contribution in [0, 0.1) is 0 Å². The fourth-order valence-corrected chi connectivity index (χ4v) is 1.44. The van der Waals surface area contributed by atoms with Gasteiger partial charge in [0, 0.05) is 5.02 Å². The molecular formula is C10H10BrCl2NO. The molecule has 1 rings (SSSR count). The molecule has 1 aromatic carbocycles. The van der Waals surface area contributed by atoms with Crippen LogP contribution in [0.1, 0.15) is 13.3 Å². The van der Waals surface area contributed by atoms with E-state index in [4.69, 9.17) is 23.2 Å². The van der Waals surface area contributed by atoms with Crippen LogP contribution in [-0.2, 0) is 4.79 Å². The molecule has 1 atom stereocenters. The number of nitrogens with one attached hydrogen (secondary N) is 1. The van der Waals surface area contributed by atoms with E-state index in [1.165, 1.54) is 0 Å². The van der Waals surface area contributed by atoms with Gasteiger partial charge in [-0.15, -0.1) is 0 Å². The highest BCUT2D eigenvalue weighted by Crippen LogP contribution is 2.26. The molecule has 0 aromatic heterocycles. The lowest BCUT2D eigenvalue weighted by Crippen LogP contribution is -2.22. The highest BCUT2D eigenvalue weighted by Gasteiger charge is 2.13. The predicted molar refractivity (Wildman–Crippen MR) is 68.1 cm³/mol. The molecule has 0 aliphatic heterocycles. The molecule has 0 unspecified atom stereocenters. The van der Waals surface area contributed by atoms with Gasteiger partial charge in [-0.3, -0.25) is 4.79 Å². The molecule has 15 heavy (non-hydrogen) atoms. The SMILES string of the molecule is CC[C@@H](Br)C(=O)Nc1cc(Cl)ccc1Cl. The monoisotopic (exact) mass is 309 g/mol. The molecule has 0 saturated carbocycles. The summed E-state index contributed by atoms with van der Waals surface area (Å²) in [5, 5.41) is 3.71. The molecular weight excluding hydrogens is 301 g/mol. The molecule has 1 aromatic rings.